The van der Waals surface area contributed by atoms with Gasteiger partial charge in [-0.2, -0.15) is 8.42 Å². The molecule has 0 aromatic rings. The van der Waals surface area contributed by atoms with Crippen molar-refractivity contribution in [3.63, 3.8) is 0 Å². The van der Waals surface area contributed by atoms with Crippen LogP contribution in [0.1, 0.15) is 77.6 Å². The van der Waals surface area contributed by atoms with Gasteiger partial charge in [-0.25, -0.2) is 0 Å². The lowest BCUT2D eigenvalue weighted by molar-refractivity contribution is -0.377. The predicted molar refractivity (Wildman–Crippen MR) is 86.2 cm³/mol. The van der Waals surface area contributed by atoms with Crippen LogP contribution in [-0.4, -0.2) is 37.1 Å². The van der Waals surface area contributed by atoms with Crippen molar-refractivity contribution in [2.75, 3.05) is 18.9 Å². The molecule has 0 aliphatic carbocycles. The highest BCUT2D eigenvalue weighted by atomic mass is 32.2. The molecule has 0 aromatic heterocycles. The monoisotopic (exact) mass is 338 g/mol. The highest BCUT2D eigenvalue weighted by Crippen LogP contribution is 2.10. The Labute approximate surface area is 135 Å². The van der Waals surface area contributed by atoms with Crippen LogP contribution in [0.15, 0.2) is 0 Å². The van der Waals surface area contributed by atoms with Crippen molar-refractivity contribution < 1.29 is 23.0 Å². The minimum Gasteiger partial charge on any atom is -0.286 e. The Kier molecular flexibility index (Phi) is 14.2. The van der Waals surface area contributed by atoms with Gasteiger partial charge < -0.3 is 0 Å². The maximum Gasteiger partial charge on any atom is 0.264 e. The third kappa shape index (κ3) is 17.8. The molecule has 6 nitrogen and oxygen atoms in total. The van der Waals surface area contributed by atoms with Crippen molar-refractivity contribution >= 4 is 10.1 Å². The second-order valence-corrected chi connectivity index (χ2v) is 7.28. The Balaban J connectivity index is 3.23. The molecule has 1 radical (unpaired) electrons. The van der Waals surface area contributed by atoms with Gasteiger partial charge in [-0.05, 0) is 18.1 Å². The van der Waals surface area contributed by atoms with Gasteiger partial charge in [0.25, 0.3) is 10.1 Å². The SMILES string of the molecule is CCCCCCCCCCCCN([O])OCCCS(=O)(=O)O. The summed E-state index contributed by atoms with van der Waals surface area (Å²) < 4.78 is 29.4. The molecule has 0 unspecified atom stereocenters. The average Bonchev–Trinajstić information content (AvgIpc) is 2.44. The first-order chi connectivity index (χ1) is 10.5. The van der Waals surface area contributed by atoms with Gasteiger partial charge in [-0.3, -0.25) is 9.39 Å². The van der Waals surface area contributed by atoms with Crippen LogP contribution in [0.4, 0.5) is 0 Å². The molecule has 7 heteroatoms. The van der Waals surface area contributed by atoms with Crippen LogP contribution >= 0.6 is 0 Å². The minimum atomic E-state index is -3.96. The summed E-state index contributed by atoms with van der Waals surface area (Å²) in [6, 6.07) is 0. The first-order valence-corrected chi connectivity index (χ1v) is 10.1. The Hall–Kier alpha value is -0.210. The van der Waals surface area contributed by atoms with Gasteiger partial charge in [0.05, 0.1) is 18.9 Å². The molecule has 0 aliphatic rings. The molecule has 0 atom stereocenters. The molecule has 0 fully saturated rings. The van der Waals surface area contributed by atoms with E-state index in [1.165, 1.54) is 44.9 Å². The Morgan fingerprint density at radius 3 is 1.86 bits per heavy atom. The molecule has 0 heterocycles. The van der Waals surface area contributed by atoms with Gasteiger partial charge in [0.15, 0.2) is 0 Å². The summed E-state index contributed by atoms with van der Waals surface area (Å²) in [5.74, 6) is -0.376. The zero-order valence-corrected chi connectivity index (χ0v) is 14.7. The number of hydroxylamine groups is 2. The van der Waals surface area contributed by atoms with Crippen molar-refractivity contribution in [1.82, 2.24) is 5.23 Å². The summed E-state index contributed by atoms with van der Waals surface area (Å²) in [5, 5.41) is 11.8. The number of hydrogen-bond acceptors (Lipinski definition) is 4. The van der Waals surface area contributed by atoms with Gasteiger partial charge in [0, 0.05) is 0 Å². The predicted octanol–water partition coefficient (Wildman–Crippen LogP) is 3.76. The molecule has 0 aromatic carbocycles. The summed E-state index contributed by atoms with van der Waals surface area (Å²) in [6.45, 7) is 2.54. The zero-order valence-electron chi connectivity index (χ0n) is 13.8. The van der Waals surface area contributed by atoms with Crippen LogP contribution in [0.3, 0.4) is 0 Å². The topological polar surface area (TPSA) is 86.7 Å². The molecular formula is C15H32NO5S. The van der Waals surface area contributed by atoms with E-state index >= 15 is 0 Å². The fourth-order valence-electron chi connectivity index (χ4n) is 2.20. The van der Waals surface area contributed by atoms with Crippen LogP contribution in [-0.2, 0) is 20.2 Å². The minimum absolute atomic E-state index is 0.0149. The molecule has 133 valence electrons. The Bertz CT molecular complexity index is 335. The van der Waals surface area contributed by atoms with E-state index in [9.17, 15) is 13.6 Å². The molecule has 0 aliphatic heterocycles. The van der Waals surface area contributed by atoms with Gasteiger partial charge in [-0.1, -0.05) is 69.9 Å². The van der Waals surface area contributed by atoms with Gasteiger partial charge in [-0.15, -0.1) is 0 Å². The van der Waals surface area contributed by atoms with Crippen LogP contribution in [0.2, 0.25) is 0 Å². The molecule has 0 amide bonds. The van der Waals surface area contributed by atoms with Gasteiger partial charge in [0.2, 0.25) is 0 Å². The third-order valence-electron chi connectivity index (χ3n) is 3.48. The zero-order chi connectivity index (χ0) is 16.7. The molecule has 0 saturated carbocycles. The molecular weight excluding hydrogens is 306 g/mol. The summed E-state index contributed by atoms with van der Waals surface area (Å²) in [4.78, 5) is 4.82. The van der Waals surface area contributed by atoms with Crippen molar-refractivity contribution in [3.8, 4) is 0 Å². The lowest BCUT2D eigenvalue weighted by Gasteiger charge is -2.11. The van der Waals surface area contributed by atoms with E-state index in [1.807, 2.05) is 0 Å². The summed E-state index contributed by atoms with van der Waals surface area (Å²) in [7, 11) is -3.96. The number of nitrogens with zero attached hydrogens (tertiary/aromatic N) is 1. The van der Waals surface area contributed by atoms with Crippen LogP contribution in [0, 0.1) is 0 Å². The third-order valence-corrected chi connectivity index (χ3v) is 4.28. The normalized spacial score (nSPS) is 12.2. The first-order valence-electron chi connectivity index (χ1n) is 8.48. The number of unbranched alkanes of at least 4 members (excludes halogenated alkanes) is 9. The maximum atomic E-state index is 11.3. The lowest BCUT2D eigenvalue weighted by atomic mass is 10.1. The van der Waals surface area contributed by atoms with Crippen molar-refractivity contribution in [3.05, 3.63) is 0 Å². The first kappa shape index (κ1) is 21.8. The summed E-state index contributed by atoms with van der Waals surface area (Å²) >= 11 is 0. The smallest absolute Gasteiger partial charge is 0.264 e. The van der Waals surface area contributed by atoms with E-state index in [0.29, 0.717) is 11.8 Å². The number of hydrogen-bond donors (Lipinski definition) is 1. The fraction of sp³-hybridized carbons (Fsp3) is 1.00. The van der Waals surface area contributed by atoms with Crippen molar-refractivity contribution in [1.29, 1.82) is 0 Å². The molecule has 1 N–H and O–H groups in total. The summed E-state index contributed by atoms with van der Waals surface area (Å²) in [5.41, 5.74) is 0. The van der Waals surface area contributed by atoms with E-state index in [-0.39, 0.29) is 18.8 Å². The second kappa shape index (κ2) is 14.4. The Morgan fingerprint density at radius 2 is 1.36 bits per heavy atom. The fourth-order valence-corrected chi connectivity index (χ4v) is 2.68. The summed E-state index contributed by atoms with van der Waals surface area (Å²) in [6.07, 6.45) is 12.2. The van der Waals surface area contributed by atoms with Crippen LogP contribution in [0.25, 0.3) is 0 Å². The van der Waals surface area contributed by atoms with Gasteiger partial charge in [0.1, 0.15) is 0 Å². The van der Waals surface area contributed by atoms with Crippen LogP contribution in [0.5, 0.6) is 0 Å². The van der Waals surface area contributed by atoms with E-state index in [0.717, 1.165) is 19.3 Å². The molecule has 0 spiro atoms. The largest absolute Gasteiger partial charge is 0.286 e. The van der Waals surface area contributed by atoms with Gasteiger partial charge >= 0.3 is 0 Å². The Morgan fingerprint density at radius 1 is 0.864 bits per heavy atom. The lowest BCUT2D eigenvalue weighted by Crippen LogP contribution is -2.21. The van der Waals surface area contributed by atoms with E-state index < -0.39 is 10.1 Å². The highest BCUT2D eigenvalue weighted by molar-refractivity contribution is 7.85. The van der Waals surface area contributed by atoms with Crippen molar-refractivity contribution in [2.24, 2.45) is 0 Å². The molecule has 0 rings (SSSR count). The van der Waals surface area contributed by atoms with E-state index in [1.54, 1.807) is 0 Å². The molecule has 0 saturated heterocycles. The molecule has 0 bridgehead atoms. The van der Waals surface area contributed by atoms with E-state index in [4.69, 9.17) is 9.39 Å². The quantitative estimate of drug-likeness (QED) is 0.263. The standard InChI is InChI=1S/C15H32NO5S/c1-2-3-4-5-6-7-8-9-10-11-13-16(17)21-14-12-15-22(18,19)20/h2-15H2,1H3,(H,18,19,20). The average molecular weight is 338 g/mol. The van der Waals surface area contributed by atoms with Crippen molar-refractivity contribution in [2.45, 2.75) is 77.6 Å². The highest BCUT2D eigenvalue weighted by Gasteiger charge is 2.06. The second-order valence-electron chi connectivity index (χ2n) is 5.71. The maximum absolute atomic E-state index is 11.3. The number of rotatable bonds is 16. The van der Waals surface area contributed by atoms with E-state index in [2.05, 4.69) is 6.92 Å². The van der Waals surface area contributed by atoms with Crippen LogP contribution < -0.4 is 0 Å². The molecule has 22 heavy (non-hydrogen) atoms.